The maximum absolute atomic E-state index is 12.7. The van der Waals surface area contributed by atoms with Gasteiger partial charge < -0.3 is 14.6 Å². The molecule has 29 heavy (non-hydrogen) atoms. The summed E-state index contributed by atoms with van der Waals surface area (Å²) in [6, 6.07) is 14.5. The molecule has 1 fully saturated rings. The third-order valence-electron chi connectivity index (χ3n) is 5.53. The molecular weight excluding hydrogens is 366 g/mol. The first kappa shape index (κ1) is 19.2. The number of nitrogens with one attached hydrogen (secondary N) is 1. The summed E-state index contributed by atoms with van der Waals surface area (Å²) in [6.07, 6.45) is 1.42. The number of ether oxygens (including phenoxy) is 1. The number of aromatic nitrogens is 1. The summed E-state index contributed by atoms with van der Waals surface area (Å²) in [4.78, 5) is 32.3. The Kier molecular flexibility index (Phi) is 5.36. The minimum absolute atomic E-state index is 0.0314. The fourth-order valence-corrected chi connectivity index (χ4v) is 3.80. The van der Waals surface area contributed by atoms with Crippen molar-refractivity contribution in [2.24, 2.45) is 0 Å². The van der Waals surface area contributed by atoms with Gasteiger partial charge in [0.1, 0.15) is 5.56 Å². The molecule has 2 aromatic carbocycles. The number of methoxy groups -OCH3 is 1. The van der Waals surface area contributed by atoms with E-state index in [0.29, 0.717) is 5.39 Å². The Morgan fingerprint density at radius 3 is 2.48 bits per heavy atom. The lowest BCUT2D eigenvalue weighted by molar-refractivity contribution is 0.0599. The van der Waals surface area contributed by atoms with Gasteiger partial charge in [0.2, 0.25) is 5.43 Å². The second kappa shape index (κ2) is 8.09. The zero-order valence-electron chi connectivity index (χ0n) is 16.8. The molecule has 2 heterocycles. The van der Waals surface area contributed by atoms with Gasteiger partial charge in [-0.05, 0) is 36.8 Å². The quantitative estimate of drug-likeness (QED) is 0.693. The second-order valence-corrected chi connectivity index (χ2v) is 7.50. The molecule has 4 rings (SSSR count). The van der Waals surface area contributed by atoms with Crippen LogP contribution < -0.4 is 10.3 Å². The van der Waals surface area contributed by atoms with E-state index in [9.17, 15) is 9.59 Å². The van der Waals surface area contributed by atoms with Gasteiger partial charge in [-0.25, -0.2) is 4.79 Å². The summed E-state index contributed by atoms with van der Waals surface area (Å²) in [6.45, 7) is 6.76. The first-order valence-corrected chi connectivity index (χ1v) is 9.82. The first-order chi connectivity index (χ1) is 14.0. The third-order valence-corrected chi connectivity index (χ3v) is 5.53. The number of nitrogens with zero attached hydrogens (tertiary/aromatic N) is 2. The van der Waals surface area contributed by atoms with E-state index in [-0.39, 0.29) is 11.0 Å². The molecule has 0 atom stereocenters. The van der Waals surface area contributed by atoms with E-state index in [1.54, 1.807) is 0 Å². The first-order valence-electron chi connectivity index (χ1n) is 9.82. The highest BCUT2D eigenvalue weighted by Crippen LogP contribution is 2.19. The normalized spacial score (nSPS) is 14.9. The van der Waals surface area contributed by atoms with Crippen LogP contribution in [0.2, 0.25) is 0 Å². The molecule has 6 nitrogen and oxygen atoms in total. The Morgan fingerprint density at radius 1 is 1.07 bits per heavy atom. The average molecular weight is 391 g/mol. The highest BCUT2D eigenvalue weighted by Gasteiger charge is 2.18. The monoisotopic (exact) mass is 391 g/mol. The summed E-state index contributed by atoms with van der Waals surface area (Å²) in [7, 11) is 1.28. The molecule has 1 aliphatic heterocycles. The lowest BCUT2D eigenvalue weighted by Gasteiger charge is -2.36. The van der Waals surface area contributed by atoms with E-state index < -0.39 is 5.97 Å². The number of aryl methyl sites for hydroxylation is 1. The SMILES string of the molecule is COC(=O)c1c[nH]c2ccc(CN3CCN(c4ccc(C)cc4)CC3)cc2c1=O. The Morgan fingerprint density at radius 2 is 1.79 bits per heavy atom. The van der Waals surface area contributed by atoms with Crippen LogP contribution in [0.15, 0.2) is 53.5 Å². The van der Waals surface area contributed by atoms with Gasteiger partial charge >= 0.3 is 5.97 Å². The number of anilines is 1. The number of pyridine rings is 1. The number of aromatic amines is 1. The highest BCUT2D eigenvalue weighted by atomic mass is 16.5. The van der Waals surface area contributed by atoms with E-state index >= 15 is 0 Å². The van der Waals surface area contributed by atoms with Crippen molar-refractivity contribution in [3.05, 3.63) is 75.6 Å². The molecule has 0 radical (unpaired) electrons. The Hall–Kier alpha value is -3.12. The molecule has 150 valence electrons. The van der Waals surface area contributed by atoms with Crippen molar-refractivity contribution in [1.29, 1.82) is 0 Å². The van der Waals surface area contributed by atoms with Crippen LogP contribution in [0.3, 0.4) is 0 Å². The molecule has 1 aromatic heterocycles. The van der Waals surface area contributed by atoms with E-state index in [4.69, 9.17) is 4.74 Å². The number of hydrogen-bond acceptors (Lipinski definition) is 5. The fraction of sp³-hybridized carbons (Fsp3) is 0.304. The Labute approximate surface area is 169 Å². The van der Waals surface area contributed by atoms with Crippen molar-refractivity contribution in [1.82, 2.24) is 9.88 Å². The average Bonchev–Trinajstić information content (AvgIpc) is 2.75. The predicted octanol–water partition coefficient (Wildman–Crippen LogP) is 2.95. The summed E-state index contributed by atoms with van der Waals surface area (Å²) in [5, 5.41) is 0.517. The number of hydrogen-bond donors (Lipinski definition) is 1. The van der Waals surface area contributed by atoms with Crippen LogP contribution in [0.1, 0.15) is 21.5 Å². The van der Waals surface area contributed by atoms with E-state index in [0.717, 1.165) is 43.8 Å². The van der Waals surface area contributed by atoms with Gasteiger partial charge in [-0.15, -0.1) is 0 Å². The van der Waals surface area contributed by atoms with Crippen LogP contribution in [0.4, 0.5) is 5.69 Å². The molecule has 1 aliphatic rings. The molecule has 1 N–H and O–H groups in total. The highest BCUT2D eigenvalue weighted by molar-refractivity contribution is 5.93. The summed E-state index contributed by atoms with van der Waals surface area (Å²) in [5.41, 5.74) is 4.06. The molecule has 0 aliphatic carbocycles. The molecule has 1 saturated heterocycles. The second-order valence-electron chi connectivity index (χ2n) is 7.50. The molecule has 6 heteroatoms. The van der Waals surface area contributed by atoms with Crippen LogP contribution in [0.25, 0.3) is 10.9 Å². The van der Waals surface area contributed by atoms with Crippen molar-refractivity contribution < 1.29 is 9.53 Å². The summed E-state index contributed by atoms with van der Waals surface area (Å²) in [5.74, 6) is -0.620. The molecule has 0 amide bonds. The summed E-state index contributed by atoms with van der Waals surface area (Å²) < 4.78 is 4.70. The molecule has 0 bridgehead atoms. The van der Waals surface area contributed by atoms with Crippen molar-refractivity contribution in [2.75, 3.05) is 38.2 Å². The lowest BCUT2D eigenvalue weighted by atomic mass is 10.1. The predicted molar refractivity (Wildman–Crippen MR) is 115 cm³/mol. The van der Waals surface area contributed by atoms with Crippen LogP contribution >= 0.6 is 0 Å². The number of H-pyrrole nitrogens is 1. The molecular formula is C23H25N3O3. The van der Waals surface area contributed by atoms with E-state index in [1.807, 2.05) is 18.2 Å². The molecule has 0 saturated carbocycles. The number of carbonyl (C=O) groups is 1. The third kappa shape index (κ3) is 4.03. The number of carbonyl (C=O) groups excluding carboxylic acids is 1. The van der Waals surface area contributed by atoms with E-state index in [2.05, 4.69) is 46.0 Å². The van der Waals surface area contributed by atoms with Crippen molar-refractivity contribution in [2.45, 2.75) is 13.5 Å². The van der Waals surface area contributed by atoms with Crippen molar-refractivity contribution >= 4 is 22.6 Å². The van der Waals surface area contributed by atoms with Crippen LogP contribution in [-0.4, -0.2) is 49.1 Å². The molecule has 0 unspecified atom stereocenters. The van der Waals surface area contributed by atoms with Gasteiger partial charge in [0.15, 0.2) is 0 Å². The summed E-state index contributed by atoms with van der Waals surface area (Å²) >= 11 is 0. The van der Waals surface area contributed by atoms with Gasteiger partial charge in [0.25, 0.3) is 0 Å². The maximum atomic E-state index is 12.7. The minimum Gasteiger partial charge on any atom is -0.465 e. The van der Waals surface area contributed by atoms with Gasteiger partial charge in [0.05, 0.1) is 7.11 Å². The van der Waals surface area contributed by atoms with E-state index in [1.165, 1.54) is 24.6 Å². The Balaban J connectivity index is 1.47. The number of esters is 1. The minimum atomic E-state index is -0.620. The van der Waals surface area contributed by atoms with Gasteiger partial charge in [0, 0.05) is 55.5 Å². The van der Waals surface area contributed by atoms with Crippen molar-refractivity contribution in [3.8, 4) is 0 Å². The lowest BCUT2D eigenvalue weighted by Crippen LogP contribution is -2.45. The topological polar surface area (TPSA) is 65.6 Å². The molecule has 3 aromatic rings. The van der Waals surface area contributed by atoms with Gasteiger partial charge in [-0.3, -0.25) is 9.69 Å². The maximum Gasteiger partial charge on any atom is 0.343 e. The smallest absolute Gasteiger partial charge is 0.343 e. The zero-order chi connectivity index (χ0) is 20.4. The number of benzene rings is 2. The van der Waals surface area contributed by atoms with Gasteiger partial charge in [-0.1, -0.05) is 23.8 Å². The fourth-order valence-electron chi connectivity index (χ4n) is 3.80. The van der Waals surface area contributed by atoms with Crippen LogP contribution in [0, 0.1) is 6.92 Å². The Bertz CT molecular complexity index is 1080. The van der Waals surface area contributed by atoms with Crippen LogP contribution in [-0.2, 0) is 11.3 Å². The van der Waals surface area contributed by atoms with Crippen LogP contribution in [0.5, 0.6) is 0 Å². The molecule has 0 spiro atoms. The standard InChI is InChI=1S/C23H25N3O3/c1-16-3-6-18(7-4-16)26-11-9-25(10-12-26)15-17-5-8-21-19(13-17)22(27)20(14-24-21)23(28)29-2/h3-8,13-14H,9-12,15H2,1-2H3,(H,24,27). The number of fused-ring (bicyclic) bond motifs is 1. The number of piperazine rings is 1. The van der Waals surface area contributed by atoms with Crippen molar-refractivity contribution in [3.63, 3.8) is 0 Å². The van der Waals surface area contributed by atoms with Gasteiger partial charge in [-0.2, -0.15) is 0 Å². The zero-order valence-corrected chi connectivity index (χ0v) is 16.8. The number of rotatable bonds is 4. The largest absolute Gasteiger partial charge is 0.465 e.